The molecule has 0 aliphatic heterocycles. The summed E-state index contributed by atoms with van der Waals surface area (Å²) in [5.74, 6) is 0.928. The fraction of sp³-hybridized carbons (Fsp3) is 0.417. The van der Waals surface area contributed by atoms with E-state index in [4.69, 9.17) is 0 Å². The van der Waals surface area contributed by atoms with Crippen LogP contribution in [0.4, 0.5) is 0 Å². The molecule has 0 fully saturated rings. The normalized spacial score (nSPS) is 10.3. The van der Waals surface area contributed by atoms with Crippen LogP contribution in [0.15, 0.2) is 22.4 Å². The van der Waals surface area contributed by atoms with Gasteiger partial charge in [0.25, 0.3) is 5.56 Å². The fourth-order valence-electron chi connectivity index (χ4n) is 1.59. The van der Waals surface area contributed by atoms with E-state index in [1.807, 2.05) is 12.4 Å². The van der Waals surface area contributed by atoms with E-state index < -0.39 is 0 Å². The number of nitrogens with zero attached hydrogens (tertiary/aromatic N) is 2. The van der Waals surface area contributed by atoms with Crippen molar-refractivity contribution in [3.63, 3.8) is 0 Å². The summed E-state index contributed by atoms with van der Waals surface area (Å²) in [6.45, 7) is 1.38. The highest BCUT2D eigenvalue weighted by atomic mass is 35.5. The number of hydrogen-bond donors (Lipinski definition) is 2. The standard InChI is InChI=1S/C12H16N4O2S2.ClH/c1-13-2-3-14-10(17)8-19-7-9-6-11(18)16-4-5-20-12(16)15-9;/h4-6,13H,2-3,7-8H2,1H3,(H,14,17);1H. The van der Waals surface area contributed by atoms with Crippen molar-refractivity contribution in [3.8, 4) is 0 Å². The number of aromatic nitrogens is 2. The Balaban J connectivity index is 0.00000220. The summed E-state index contributed by atoms with van der Waals surface area (Å²) in [7, 11) is 1.84. The van der Waals surface area contributed by atoms with Gasteiger partial charge < -0.3 is 10.6 Å². The van der Waals surface area contributed by atoms with Crippen molar-refractivity contribution in [2.24, 2.45) is 0 Å². The van der Waals surface area contributed by atoms with E-state index in [9.17, 15) is 9.59 Å². The summed E-state index contributed by atoms with van der Waals surface area (Å²) in [4.78, 5) is 28.3. The largest absolute Gasteiger partial charge is 0.354 e. The number of thiazole rings is 1. The Morgan fingerprint density at radius 1 is 1.48 bits per heavy atom. The molecule has 9 heteroatoms. The van der Waals surface area contributed by atoms with Crippen molar-refractivity contribution in [1.29, 1.82) is 0 Å². The third kappa shape index (κ3) is 5.31. The SMILES string of the molecule is CNCCNC(=O)CSCc1cc(=O)n2ccsc2n1.Cl. The maximum absolute atomic E-state index is 11.8. The van der Waals surface area contributed by atoms with E-state index in [2.05, 4.69) is 15.6 Å². The van der Waals surface area contributed by atoms with Crippen LogP contribution in [0.2, 0.25) is 0 Å². The molecule has 0 spiro atoms. The number of carbonyl (C=O) groups is 1. The van der Waals surface area contributed by atoms with Gasteiger partial charge >= 0.3 is 0 Å². The van der Waals surface area contributed by atoms with E-state index in [0.29, 0.717) is 28.7 Å². The van der Waals surface area contributed by atoms with Crippen LogP contribution in [0.5, 0.6) is 0 Å². The summed E-state index contributed by atoms with van der Waals surface area (Å²) in [5.41, 5.74) is 0.635. The first kappa shape index (κ1) is 18.0. The first-order valence-electron chi connectivity index (χ1n) is 6.15. The topological polar surface area (TPSA) is 75.5 Å². The van der Waals surface area contributed by atoms with Gasteiger partial charge in [0.05, 0.1) is 11.4 Å². The van der Waals surface area contributed by atoms with E-state index >= 15 is 0 Å². The molecule has 0 aliphatic rings. The zero-order valence-electron chi connectivity index (χ0n) is 11.5. The van der Waals surface area contributed by atoms with Crippen LogP contribution < -0.4 is 16.2 Å². The number of carbonyl (C=O) groups excluding carboxylic acids is 1. The molecule has 0 unspecified atom stereocenters. The number of fused-ring (bicyclic) bond motifs is 1. The van der Waals surface area contributed by atoms with Gasteiger partial charge in [-0.25, -0.2) is 4.98 Å². The fourth-order valence-corrected chi connectivity index (χ4v) is 3.07. The van der Waals surface area contributed by atoms with Gasteiger partial charge in [0.2, 0.25) is 5.91 Å². The molecule has 21 heavy (non-hydrogen) atoms. The maximum atomic E-state index is 11.8. The summed E-state index contributed by atoms with van der Waals surface area (Å²) in [6.07, 6.45) is 1.71. The molecule has 0 radical (unpaired) electrons. The van der Waals surface area contributed by atoms with Crippen molar-refractivity contribution in [2.45, 2.75) is 5.75 Å². The third-order valence-corrected chi connectivity index (χ3v) is 4.26. The van der Waals surface area contributed by atoms with Crippen molar-refractivity contribution in [3.05, 3.63) is 33.7 Å². The molecular weight excluding hydrogens is 332 g/mol. The summed E-state index contributed by atoms with van der Waals surface area (Å²) in [6, 6.07) is 1.52. The monoisotopic (exact) mass is 348 g/mol. The van der Waals surface area contributed by atoms with E-state index in [1.165, 1.54) is 33.6 Å². The minimum atomic E-state index is -0.0784. The Kier molecular flexibility index (Phi) is 7.73. The van der Waals surface area contributed by atoms with E-state index in [-0.39, 0.29) is 23.9 Å². The van der Waals surface area contributed by atoms with Gasteiger partial charge in [0.1, 0.15) is 0 Å². The van der Waals surface area contributed by atoms with Crippen molar-refractivity contribution < 1.29 is 4.79 Å². The first-order valence-corrected chi connectivity index (χ1v) is 8.19. The maximum Gasteiger partial charge on any atom is 0.258 e. The van der Waals surface area contributed by atoms with Crippen LogP contribution in [-0.4, -0.2) is 41.2 Å². The minimum absolute atomic E-state index is 0. The van der Waals surface area contributed by atoms with Gasteiger partial charge in [0.15, 0.2) is 4.96 Å². The Bertz CT molecular complexity index is 643. The highest BCUT2D eigenvalue weighted by molar-refractivity contribution is 7.99. The van der Waals surface area contributed by atoms with Crippen LogP contribution in [0.1, 0.15) is 5.69 Å². The molecular formula is C12H17ClN4O2S2. The van der Waals surface area contributed by atoms with Gasteiger partial charge in [-0.15, -0.1) is 35.5 Å². The molecule has 0 saturated heterocycles. The van der Waals surface area contributed by atoms with E-state index in [0.717, 1.165) is 6.54 Å². The average molecular weight is 349 g/mol. The number of halogens is 1. The van der Waals surface area contributed by atoms with E-state index in [1.54, 1.807) is 6.20 Å². The molecule has 0 saturated carbocycles. The Hall–Kier alpha value is -1.09. The highest BCUT2D eigenvalue weighted by Crippen LogP contribution is 2.11. The predicted octanol–water partition coefficient (Wildman–Crippen LogP) is 0.747. The quantitative estimate of drug-likeness (QED) is 0.722. The lowest BCUT2D eigenvalue weighted by Gasteiger charge is -2.04. The second-order valence-electron chi connectivity index (χ2n) is 4.09. The lowest BCUT2D eigenvalue weighted by Crippen LogP contribution is -2.31. The Morgan fingerprint density at radius 2 is 2.29 bits per heavy atom. The molecule has 0 aromatic carbocycles. The molecule has 2 N–H and O–H groups in total. The molecule has 2 heterocycles. The van der Waals surface area contributed by atoms with Crippen LogP contribution in [0.25, 0.3) is 4.96 Å². The molecule has 2 aromatic heterocycles. The van der Waals surface area contributed by atoms with Crippen LogP contribution in [0.3, 0.4) is 0 Å². The number of rotatable bonds is 7. The molecule has 116 valence electrons. The number of nitrogens with one attached hydrogen (secondary N) is 2. The average Bonchev–Trinajstić information content (AvgIpc) is 2.88. The number of amides is 1. The van der Waals surface area contributed by atoms with Gasteiger partial charge in [-0.2, -0.15) is 0 Å². The molecule has 2 aromatic rings. The summed E-state index contributed by atoms with van der Waals surface area (Å²) in [5, 5.41) is 7.59. The number of likely N-dealkylation sites (N-methyl/N-ethyl adjacent to an activating group) is 1. The third-order valence-electron chi connectivity index (χ3n) is 2.54. The lowest BCUT2D eigenvalue weighted by molar-refractivity contribution is -0.118. The lowest BCUT2D eigenvalue weighted by atomic mass is 10.4. The molecule has 2 rings (SSSR count). The first-order chi connectivity index (χ1) is 9.70. The second-order valence-corrected chi connectivity index (χ2v) is 5.95. The number of hydrogen-bond acceptors (Lipinski definition) is 6. The minimum Gasteiger partial charge on any atom is -0.354 e. The number of thioether (sulfide) groups is 1. The van der Waals surface area contributed by atoms with Crippen LogP contribution in [0, 0.1) is 0 Å². The van der Waals surface area contributed by atoms with Crippen molar-refractivity contribution in [2.75, 3.05) is 25.9 Å². The van der Waals surface area contributed by atoms with Gasteiger partial charge in [-0.3, -0.25) is 14.0 Å². The summed E-state index contributed by atoms with van der Waals surface area (Å²) >= 11 is 2.88. The van der Waals surface area contributed by atoms with Crippen molar-refractivity contribution >= 4 is 46.4 Å². The molecule has 0 atom stereocenters. The Labute approximate surface area is 136 Å². The molecule has 6 nitrogen and oxygen atoms in total. The molecule has 0 aliphatic carbocycles. The molecule has 1 amide bonds. The van der Waals surface area contributed by atoms with Gasteiger partial charge in [-0.05, 0) is 7.05 Å². The highest BCUT2D eigenvalue weighted by Gasteiger charge is 2.05. The van der Waals surface area contributed by atoms with Crippen LogP contribution >= 0.6 is 35.5 Å². The van der Waals surface area contributed by atoms with Crippen molar-refractivity contribution in [1.82, 2.24) is 20.0 Å². The van der Waals surface area contributed by atoms with Gasteiger partial charge in [0, 0.05) is 36.5 Å². The van der Waals surface area contributed by atoms with Gasteiger partial charge in [-0.1, -0.05) is 0 Å². The zero-order chi connectivity index (χ0) is 14.4. The zero-order valence-corrected chi connectivity index (χ0v) is 13.9. The van der Waals surface area contributed by atoms with Crippen LogP contribution in [-0.2, 0) is 10.5 Å². The summed E-state index contributed by atoms with van der Waals surface area (Å²) < 4.78 is 1.52. The molecule has 0 bridgehead atoms. The Morgan fingerprint density at radius 3 is 3.05 bits per heavy atom. The predicted molar refractivity (Wildman–Crippen MR) is 89.7 cm³/mol. The smallest absolute Gasteiger partial charge is 0.258 e. The second kappa shape index (κ2) is 9.04.